The number of aromatic nitrogens is 2. The zero-order valence-corrected chi connectivity index (χ0v) is 31.0. The van der Waals surface area contributed by atoms with Gasteiger partial charge in [0.25, 0.3) is 0 Å². The number of urea groups is 1. The number of halogens is 4. The predicted molar refractivity (Wildman–Crippen MR) is 191 cm³/mol. The van der Waals surface area contributed by atoms with Gasteiger partial charge < -0.3 is 35.7 Å². The van der Waals surface area contributed by atoms with Crippen LogP contribution in [-0.2, 0) is 33.8 Å². The number of anilines is 1. The van der Waals surface area contributed by atoms with Crippen LogP contribution in [0.25, 0.3) is 4.96 Å². The highest BCUT2D eigenvalue weighted by atomic mass is 79.9. The largest absolute Gasteiger partial charge is 0.542 e. The van der Waals surface area contributed by atoms with Gasteiger partial charge in [-0.25, -0.2) is 14.2 Å². The molecule has 5 rings (SSSR count). The number of carbonyl (C=O) groups excluding carboxylic acids is 4. The number of carboxylic acid groups (broad SMARTS) is 1. The van der Waals surface area contributed by atoms with Crippen molar-refractivity contribution in [2.24, 2.45) is 0 Å². The fraction of sp³-hybridized carbons (Fsp3) is 0.250. The van der Waals surface area contributed by atoms with E-state index in [1.165, 1.54) is 17.0 Å². The van der Waals surface area contributed by atoms with Crippen molar-refractivity contribution in [2.75, 3.05) is 5.32 Å². The van der Waals surface area contributed by atoms with Crippen LogP contribution in [0.3, 0.4) is 0 Å². The molecule has 0 aliphatic rings. The van der Waals surface area contributed by atoms with E-state index in [1.54, 1.807) is 61.6 Å². The maximum Gasteiger partial charge on any atom is 0.430 e. The van der Waals surface area contributed by atoms with E-state index in [-0.39, 0.29) is 30.7 Å². The van der Waals surface area contributed by atoms with Crippen molar-refractivity contribution in [1.29, 1.82) is 0 Å². The van der Waals surface area contributed by atoms with Gasteiger partial charge in [0, 0.05) is 21.5 Å². The summed E-state index contributed by atoms with van der Waals surface area (Å²) in [7, 11) is 0. The number of phenolic OH excluding ortho intramolecular Hbond substituents is 1. The summed E-state index contributed by atoms with van der Waals surface area (Å²) in [6, 6.07) is 19.4. The van der Waals surface area contributed by atoms with Crippen LogP contribution in [0.5, 0.6) is 5.75 Å². The van der Waals surface area contributed by atoms with E-state index in [2.05, 4.69) is 66.1 Å². The van der Waals surface area contributed by atoms with Crippen LogP contribution < -0.4 is 25.5 Å². The zero-order chi connectivity index (χ0) is 38.9. The van der Waals surface area contributed by atoms with Crippen LogP contribution in [0.2, 0.25) is 0 Å². The Balaban J connectivity index is 0.000000815. The lowest BCUT2D eigenvalue weighted by Gasteiger charge is -2.19. The van der Waals surface area contributed by atoms with Crippen molar-refractivity contribution in [3.8, 4) is 5.75 Å². The zero-order valence-electron chi connectivity index (χ0n) is 28.6. The number of phenols is 1. The number of benzene rings is 3. The number of esters is 1. The number of nitrogens with one attached hydrogen (secondary N) is 3. The summed E-state index contributed by atoms with van der Waals surface area (Å²) in [6.45, 7) is 6.47. The highest BCUT2D eigenvalue weighted by molar-refractivity contribution is 9.10. The maximum atomic E-state index is 13.6. The van der Waals surface area contributed by atoms with Crippen LogP contribution in [0, 0.1) is 6.92 Å². The Morgan fingerprint density at radius 2 is 1.57 bits per heavy atom. The van der Waals surface area contributed by atoms with Crippen molar-refractivity contribution in [2.45, 2.75) is 58.6 Å². The molecule has 0 saturated carbocycles. The predicted octanol–water partition coefficient (Wildman–Crippen LogP) is 5.03. The van der Waals surface area contributed by atoms with E-state index >= 15 is 0 Å². The van der Waals surface area contributed by atoms with E-state index in [0.717, 1.165) is 26.3 Å². The van der Waals surface area contributed by atoms with Crippen LogP contribution in [0.4, 0.5) is 23.7 Å². The molecule has 3 aromatic carbocycles. The molecule has 53 heavy (non-hydrogen) atoms. The Morgan fingerprint density at radius 1 is 0.962 bits per heavy atom. The highest BCUT2D eigenvalue weighted by Crippen LogP contribution is 2.20. The normalized spacial score (nSPS) is 11.7. The van der Waals surface area contributed by atoms with Gasteiger partial charge in [0.05, 0.1) is 18.2 Å². The molecule has 12 nitrogen and oxygen atoms in total. The molecule has 0 saturated heterocycles. The molecule has 0 unspecified atom stereocenters. The van der Waals surface area contributed by atoms with E-state index < -0.39 is 30.2 Å². The molecule has 280 valence electrons. The van der Waals surface area contributed by atoms with Gasteiger partial charge in [-0.15, -0.1) is 0 Å². The van der Waals surface area contributed by atoms with Gasteiger partial charge in [0.2, 0.25) is 5.91 Å². The molecule has 2 heterocycles. The summed E-state index contributed by atoms with van der Waals surface area (Å²) >= 11 is 5.16. The number of fused-ring (bicyclic) bond motifs is 1. The lowest BCUT2D eigenvalue weighted by molar-refractivity contribution is -0.506. The number of hydrogen-bond acceptors (Lipinski definition) is 8. The lowest BCUT2D eigenvalue weighted by Crippen LogP contribution is -2.49. The number of nitrogens with zero attached hydrogens (tertiary/aromatic N) is 2. The van der Waals surface area contributed by atoms with E-state index in [4.69, 9.17) is 14.6 Å². The molecule has 2 aromatic heterocycles. The lowest BCUT2D eigenvalue weighted by atomic mass is 10.1. The number of amides is 3. The van der Waals surface area contributed by atoms with Crippen LogP contribution in [0.1, 0.15) is 45.9 Å². The van der Waals surface area contributed by atoms with E-state index in [0.29, 0.717) is 17.8 Å². The van der Waals surface area contributed by atoms with Gasteiger partial charge in [0.15, 0.2) is 5.69 Å². The molecule has 1 atom stereocenters. The number of aromatic hydroxyl groups is 1. The summed E-state index contributed by atoms with van der Waals surface area (Å²) in [5.74, 6) is -3.72. The van der Waals surface area contributed by atoms with Crippen molar-refractivity contribution in [1.82, 2.24) is 15.2 Å². The summed E-state index contributed by atoms with van der Waals surface area (Å²) in [4.78, 5) is 49.8. The van der Waals surface area contributed by atoms with Gasteiger partial charge in [-0.2, -0.15) is 17.6 Å². The van der Waals surface area contributed by atoms with Crippen molar-refractivity contribution in [3.05, 3.63) is 117 Å². The fourth-order valence-corrected chi connectivity index (χ4v) is 6.09. The van der Waals surface area contributed by atoms with Gasteiger partial charge in [0.1, 0.15) is 36.7 Å². The average molecular weight is 819 g/mol. The number of aryl methyl sites for hydroxylation is 1. The quantitative estimate of drug-likeness (QED) is 0.107. The summed E-state index contributed by atoms with van der Waals surface area (Å²) in [5, 5.41) is 27.0. The number of carbonyl (C=O) groups is 4. The Kier molecular flexibility index (Phi) is 13.6. The standard InChI is InChI=1S/C34H34BrN5O5S.C2HF3O2/c1-21(2)45-32(43)25-8-12-27(13-9-25)37-33(44)38-30(16-23-6-14-29(41)15-7-23)31(42)36-17-28-20-39-18-22(3)46-34(39)40(28)19-24-4-10-26(35)11-5-24;3-2(4,5)1(6)7/h4-15,18,20-21,30H,16-17,19H2,1-3H3,(H3-,36,37,38,41,42,43,44);(H,6,7)/t30-;/m0./s1. The Morgan fingerprint density at radius 3 is 2.15 bits per heavy atom. The minimum absolute atomic E-state index is 0.107. The first-order valence-electron chi connectivity index (χ1n) is 15.9. The van der Waals surface area contributed by atoms with Gasteiger partial charge in [-0.1, -0.05) is 51.5 Å². The number of hydrogen-bond donors (Lipinski definition) is 4. The number of ether oxygens (including phenoxy) is 1. The number of rotatable bonds is 11. The van der Waals surface area contributed by atoms with Gasteiger partial charge in [-0.3, -0.25) is 4.79 Å². The second-order valence-corrected chi connectivity index (χ2v) is 14.0. The number of alkyl halides is 3. The molecule has 4 N–H and O–H groups in total. The third-order valence-electron chi connectivity index (χ3n) is 7.31. The van der Waals surface area contributed by atoms with E-state index in [1.807, 2.05) is 18.3 Å². The van der Waals surface area contributed by atoms with Crippen molar-refractivity contribution >= 4 is 61.8 Å². The van der Waals surface area contributed by atoms with E-state index in [9.17, 15) is 32.7 Å². The number of thiazole rings is 1. The molecular weight excluding hydrogens is 783 g/mol. The summed E-state index contributed by atoms with van der Waals surface area (Å²) in [5.41, 5.74) is 3.60. The molecule has 0 spiro atoms. The minimum atomic E-state index is -5.19. The molecule has 17 heteroatoms. The number of carboxylic acids is 1. The Labute approximate surface area is 314 Å². The van der Waals surface area contributed by atoms with Gasteiger partial charge >= 0.3 is 23.1 Å². The number of imidazole rings is 1. The SMILES string of the molecule is Cc1c[n+]2cc(CNC(=O)[C@H](Cc3ccc(O)cc3)NC(=O)Nc3ccc(C(=O)OC(C)C)cc3)n(Cc3ccc(Br)cc3)c2s1.O=C([O-])C(F)(F)F. The second kappa shape index (κ2) is 17.9. The topological polar surface area (TPSA) is 166 Å². The fourth-order valence-electron chi connectivity index (χ4n) is 4.87. The molecule has 0 aliphatic heterocycles. The third kappa shape index (κ3) is 12.1. The van der Waals surface area contributed by atoms with Crippen molar-refractivity contribution < 1.29 is 51.7 Å². The molecule has 3 amide bonds. The molecule has 0 aliphatic carbocycles. The smallest absolute Gasteiger partial charge is 0.430 e. The first-order chi connectivity index (χ1) is 25.0. The molecule has 5 aromatic rings. The van der Waals surface area contributed by atoms with Crippen molar-refractivity contribution in [3.63, 3.8) is 0 Å². The maximum absolute atomic E-state index is 13.6. The number of aliphatic carboxylic acids is 1. The van der Waals surface area contributed by atoms with Gasteiger partial charge in [-0.05, 0) is 80.4 Å². The molecule has 0 fully saturated rings. The first-order valence-corrected chi connectivity index (χ1v) is 17.6. The molecule has 0 bridgehead atoms. The monoisotopic (exact) mass is 817 g/mol. The minimum Gasteiger partial charge on any atom is -0.542 e. The summed E-state index contributed by atoms with van der Waals surface area (Å²) < 4.78 is 42.0. The molecular formula is C36H35BrF3N5O7S. The second-order valence-electron chi connectivity index (χ2n) is 11.9. The van der Waals surface area contributed by atoms with Crippen LogP contribution >= 0.6 is 27.3 Å². The highest BCUT2D eigenvalue weighted by Gasteiger charge is 2.29. The Bertz CT molecular complexity index is 2050. The Hall–Kier alpha value is -5.42. The third-order valence-corrected chi connectivity index (χ3v) is 8.88. The summed E-state index contributed by atoms with van der Waals surface area (Å²) in [6.07, 6.45) is -1.18. The average Bonchev–Trinajstić information content (AvgIpc) is 3.60. The van der Waals surface area contributed by atoms with Crippen LogP contribution in [0.15, 0.2) is 89.7 Å². The molecule has 0 radical (unpaired) electrons. The van der Waals surface area contributed by atoms with Crippen LogP contribution in [-0.4, -0.2) is 51.9 Å². The first kappa shape index (κ1) is 40.4.